The molecule has 0 spiro atoms. The van der Waals surface area contributed by atoms with Gasteiger partial charge in [0.1, 0.15) is 0 Å². The standard InChI is InChI=1S/C12H13F3N2O2/c1-7(18)11(8(2)19)17-16-10-6-4-3-5-9(10)12(13,14)15/h4,6,16H,3,5H2,1-2H3. The van der Waals surface area contributed by atoms with E-state index in [2.05, 4.69) is 10.5 Å². The van der Waals surface area contributed by atoms with Crippen molar-refractivity contribution in [3.8, 4) is 0 Å². The van der Waals surface area contributed by atoms with Crippen LogP contribution in [-0.2, 0) is 9.59 Å². The van der Waals surface area contributed by atoms with Crippen molar-refractivity contribution in [2.24, 2.45) is 5.10 Å². The molecule has 0 aliphatic heterocycles. The van der Waals surface area contributed by atoms with Crippen LogP contribution in [0.25, 0.3) is 0 Å². The summed E-state index contributed by atoms with van der Waals surface area (Å²) in [6, 6.07) is 0. The van der Waals surface area contributed by atoms with E-state index in [0.29, 0.717) is 0 Å². The summed E-state index contributed by atoms with van der Waals surface area (Å²) in [5.41, 5.74) is 0.768. The minimum Gasteiger partial charge on any atom is -0.293 e. The summed E-state index contributed by atoms with van der Waals surface area (Å²) >= 11 is 0. The number of hydrogen-bond acceptors (Lipinski definition) is 4. The second-order valence-electron chi connectivity index (χ2n) is 4.02. The highest BCUT2D eigenvalue weighted by Gasteiger charge is 2.36. The van der Waals surface area contributed by atoms with Gasteiger partial charge in [0.25, 0.3) is 0 Å². The molecule has 0 saturated carbocycles. The lowest BCUT2D eigenvalue weighted by Crippen LogP contribution is -2.25. The van der Waals surface area contributed by atoms with E-state index in [-0.39, 0.29) is 18.5 Å². The van der Waals surface area contributed by atoms with Gasteiger partial charge in [-0.3, -0.25) is 15.0 Å². The van der Waals surface area contributed by atoms with E-state index in [1.165, 1.54) is 6.08 Å². The minimum absolute atomic E-state index is 0.159. The van der Waals surface area contributed by atoms with Gasteiger partial charge in [0.2, 0.25) is 0 Å². The Morgan fingerprint density at radius 3 is 2.32 bits per heavy atom. The molecule has 0 radical (unpaired) electrons. The fraction of sp³-hybridized carbons (Fsp3) is 0.417. The largest absolute Gasteiger partial charge is 0.414 e. The van der Waals surface area contributed by atoms with Crippen LogP contribution in [0.5, 0.6) is 0 Å². The number of halogens is 3. The Bertz CT molecular complexity index is 472. The highest BCUT2D eigenvalue weighted by molar-refractivity contribution is 6.65. The van der Waals surface area contributed by atoms with Crippen LogP contribution in [0.4, 0.5) is 13.2 Å². The van der Waals surface area contributed by atoms with Gasteiger partial charge < -0.3 is 0 Å². The SMILES string of the molecule is CC(=O)C(=NNC1=C(C(F)(F)F)CCC=C1)C(C)=O. The lowest BCUT2D eigenvalue weighted by atomic mass is 10.0. The zero-order valence-corrected chi connectivity index (χ0v) is 10.5. The van der Waals surface area contributed by atoms with Gasteiger partial charge in [-0.05, 0) is 18.9 Å². The van der Waals surface area contributed by atoms with E-state index >= 15 is 0 Å². The molecule has 1 N–H and O–H groups in total. The molecule has 0 amide bonds. The van der Waals surface area contributed by atoms with Gasteiger partial charge in [-0.15, -0.1) is 0 Å². The molecule has 4 nitrogen and oxygen atoms in total. The molecule has 104 valence electrons. The van der Waals surface area contributed by atoms with Gasteiger partial charge in [0, 0.05) is 13.8 Å². The molecule has 0 unspecified atom stereocenters. The number of rotatable bonds is 4. The predicted molar refractivity (Wildman–Crippen MR) is 63.4 cm³/mol. The van der Waals surface area contributed by atoms with Gasteiger partial charge in [0.15, 0.2) is 17.3 Å². The first-order chi connectivity index (χ1) is 8.73. The Hall–Kier alpha value is -1.92. The number of hydrogen-bond donors (Lipinski definition) is 1. The number of hydrazone groups is 1. The first-order valence-electron chi connectivity index (χ1n) is 5.56. The third kappa shape index (κ3) is 4.04. The van der Waals surface area contributed by atoms with E-state index in [0.717, 1.165) is 13.8 Å². The van der Waals surface area contributed by atoms with Crippen molar-refractivity contribution in [3.05, 3.63) is 23.4 Å². The third-order valence-electron chi connectivity index (χ3n) is 2.47. The van der Waals surface area contributed by atoms with Crippen LogP contribution in [0, 0.1) is 0 Å². The Kier molecular flexibility index (Phi) is 4.63. The first kappa shape index (κ1) is 15.1. The average molecular weight is 274 g/mol. The molecule has 1 aliphatic carbocycles. The maximum atomic E-state index is 12.7. The number of alkyl halides is 3. The van der Waals surface area contributed by atoms with Gasteiger partial charge in [-0.1, -0.05) is 6.08 Å². The molecule has 0 aromatic carbocycles. The third-order valence-corrected chi connectivity index (χ3v) is 2.47. The number of nitrogens with one attached hydrogen (secondary N) is 1. The predicted octanol–water partition coefficient (Wildman–Crippen LogP) is 2.28. The van der Waals surface area contributed by atoms with Crippen molar-refractivity contribution >= 4 is 17.3 Å². The molecule has 0 aromatic rings. The number of carbonyl (C=O) groups is 2. The fourth-order valence-electron chi connectivity index (χ4n) is 1.58. The Morgan fingerprint density at radius 2 is 1.84 bits per heavy atom. The fourth-order valence-corrected chi connectivity index (χ4v) is 1.58. The summed E-state index contributed by atoms with van der Waals surface area (Å²) in [5, 5.41) is 3.47. The summed E-state index contributed by atoms with van der Waals surface area (Å²) < 4.78 is 38.2. The van der Waals surface area contributed by atoms with Gasteiger partial charge in [-0.2, -0.15) is 18.3 Å². The lowest BCUT2D eigenvalue weighted by molar-refractivity contribution is -0.114. The van der Waals surface area contributed by atoms with E-state index in [9.17, 15) is 22.8 Å². The van der Waals surface area contributed by atoms with Gasteiger partial charge in [-0.25, -0.2) is 0 Å². The minimum atomic E-state index is -4.46. The summed E-state index contributed by atoms with van der Waals surface area (Å²) in [4.78, 5) is 22.2. The Labute approximate surface area is 108 Å². The highest BCUT2D eigenvalue weighted by Crippen LogP contribution is 2.33. The van der Waals surface area contributed by atoms with Crippen molar-refractivity contribution in [2.45, 2.75) is 32.9 Å². The van der Waals surface area contributed by atoms with Gasteiger partial charge >= 0.3 is 6.18 Å². The van der Waals surface area contributed by atoms with E-state index in [1.54, 1.807) is 6.08 Å². The molecule has 0 saturated heterocycles. The summed E-state index contributed by atoms with van der Waals surface area (Å²) in [6.07, 6.45) is -1.53. The molecule has 1 rings (SSSR count). The van der Waals surface area contributed by atoms with Crippen LogP contribution in [0.3, 0.4) is 0 Å². The molecule has 0 aromatic heterocycles. The van der Waals surface area contributed by atoms with Crippen LogP contribution >= 0.6 is 0 Å². The van der Waals surface area contributed by atoms with Crippen LogP contribution in [0.2, 0.25) is 0 Å². The van der Waals surface area contributed by atoms with E-state index in [1.807, 2.05) is 0 Å². The lowest BCUT2D eigenvalue weighted by Gasteiger charge is -2.18. The monoisotopic (exact) mass is 274 g/mol. The molecule has 7 heteroatoms. The van der Waals surface area contributed by atoms with Gasteiger partial charge in [0.05, 0.1) is 11.3 Å². The first-order valence-corrected chi connectivity index (χ1v) is 5.56. The molecule has 1 aliphatic rings. The smallest absolute Gasteiger partial charge is 0.293 e. The van der Waals surface area contributed by atoms with Crippen molar-refractivity contribution in [3.63, 3.8) is 0 Å². The maximum Gasteiger partial charge on any atom is 0.414 e. The van der Waals surface area contributed by atoms with Crippen molar-refractivity contribution in [1.82, 2.24) is 5.43 Å². The zero-order chi connectivity index (χ0) is 14.6. The normalized spacial score (nSPS) is 15.2. The quantitative estimate of drug-likeness (QED) is 0.486. The molecule has 0 heterocycles. The van der Waals surface area contributed by atoms with Crippen LogP contribution < -0.4 is 5.43 Å². The summed E-state index contributed by atoms with van der Waals surface area (Å²) in [6.45, 7) is 2.25. The number of ketones is 2. The summed E-state index contributed by atoms with van der Waals surface area (Å²) in [5.74, 6) is -1.21. The van der Waals surface area contributed by atoms with Crippen molar-refractivity contribution < 1.29 is 22.8 Å². The molecule has 0 fully saturated rings. The Morgan fingerprint density at radius 1 is 1.26 bits per heavy atom. The topological polar surface area (TPSA) is 58.5 Å². The van der Waals surface area contributed by atoms with E-state index < -0.39 is 29.0 Å². The van der Waals surface area contributed by atoms with Crippen LogP contribution in [0.1, 0.15) is 26.7 Å². The maximum absolute atomic E-state index is 12.7. The number of nitrogens with zero attached hydrogens (tertiary/aromatic N) is 1. The zero-order valence-electron chi connectivity index (χ0n) is 10.5. The molecular weight excluding hydrogens is 261 g/mol. The van der Waals surface area contributed by atoms with Crippen molar-refractivity contribution in [2.75, 3.05) is 0 Å². The second kappa shape index (κ2) is 5.81. The number of carbonyl (C=O) groups excluding carboxylic acids is 2. The second-order valence-corrected chi connectivity index (χ2v) is 4.02. The van der Waals surface area contributed by atoms with E-state index in [4.69, 9.17) is 0 Å². The molecular formula is C12H13F3N2O2. The molecule has 0 atom stereocenters. The highest BCUT2D eigenvalue weighted by atomic mass is 19.4. The number of allylic oxidation sites excluding steroid dienone is 3. The van der Waals surface area contributed by atoms with Crippen molar-refractivity contribution in [1.29, 1.82) is 0 Å². The Balaban J connectivity index is 3.05. The average Bonchev–Trinajstić information content (AvgIpc) is 2.27. The van der Waals surface area contributed by atoms with Crippen LogP contribution in [0.15, 0.2) is 28.5 Å². The number of Topliss-reactive ketones (excluding diaryl/α,β-unsaturated/α-hetero) is 2. The molecule has 19 heavy (non-hydrogen) atoms. The molecule has 0 bridgehead atoms. The van der Waals surface area contributed by atoms with Crippen LogP contribution in [-0.4, -0.2) is 23.5 Å². The summed E-state index contributed by atoms with van der Waals surface area (Å²) in [7, 11) is 0.